The molecule has 0 N–H and O–H groups in total. The highest BCUT2D eigenvalue weighted by molar-refractivity contribution is 6.30. The quantitative estimate of drug-likeness (QED) is 0.555. The monoisotopic (exact) mass is 394 g/mol. The molecule has 4 nitrogen and oxygen atoms in total. The van der Waals surface area contributed by atoms with Gasteiger partial charge in [0.15, 0.2) is 0 Å². The molecule has 1 aliphatic carbocycles. The number of hydrogen-bond donors (Lipinski definition) is 0. The van der Waals surface area contributed by atoms with Gasteiger partial charge in [-0.25, -0.2) is 0 Å². The Hall–Kier alpha value is -2.59. The molecular weight excluding hydrogens is 372 g/mol. The lowest BCUT2D eigenvalue weighted by Gasteiger charge is -2.06. The van der Waals surface area contributed by atoms with Crippen molar-refractivity contribution >= 4 is 17.4 Å². The lowest BCUT2D eigenvalue weighted by Crippen LogP contribution is -2.04. The van der Waals surface area contributed by atoms with E-state index in [4.69, 9.17) is 16.3 Å². The van der Waals surface area contributed by atoms with Gasteiger partial charge in [0.1, 0.15) is 11.5 Å². The molecule has 0 bridgehead atoms. The summed E-state index contributed by atoms with van der Waals surface area (Å²) in [5.41, 5.74) is 4.37. The highest BCUT2D eigenvalue weighted by Crippen LogP contribution is 2.39. The van der Waals surface area contributed by atoms with Gasteiger partial charge in [0.25, 0.3) is 0 Å². The third-order valence-electron chi connectivity index (χ3n) is 5.28. The van der Waals surface area contributed by atoms with Crippen molar-refractivity contribution in [3.63, 3.8) is 0 Å². The van der Waals surface area contributed by atoms with Crippen LogP contribution in [0.3, 0.4) is 0 Å². The summed E-state index contributed by atoms with van der Waals surface area (Å²) < 4.78 is 7.79. The average molecular weight is 395 g/mol. The van der Waals surface area contributed by atoms with Crippen LogP contribution in [-0.4, -0.2) is 22.2 Å². The molecule has 2 aromatic carbocycles. The SMILES string of the molecule is CC(=O)C1CC1COc1ccc(-c2cn(Cc3ccc(Cl)cc3)nc2C)cc1. The number of carbonyl (C=O) groups is 1. The highest BCUT2D eigenvalue weighted by atomic mass is 35.5. The van der Waals surface area contributed by atoms with Crippen LogP contribution in [0.4, 0.5) is 0 Å². The van der Waals surface area contributed by atoms with E-state index in [1.807, 2.05) is 48.0 Å². The summed E-state index contributed by atoms with van der Waals surface area (Å²) in [5.74, 6) is 1.69. The second-order valence-electron chi connectivity index (χ2n) is 7.50. The zero-order chi connectivity index (χ0) is 19.7. The number of hydrogen-bond acceptors (Lipinski definition) is 3. The fraction of sp³-hybridized carbons (Fsp3) is 0.304. The van der Waals surface area contributed by atoms with Crippen molar-refractivity contribution in [3.8, 4) is 16.9 Å². The predicted octanol–water partition coefficient (Wildman–Crippen LogP) is 5.16. The molecule has 1 fully saturated rings. The van der Waals surface area contributed by atoms with E-state index in [-0.39, 0.29) is 11.7 Å². The molecule has 0 amide bonds. The Kier molecular flexibility index (Phi) is 5.23. The van der Waals surface area contributed by atoms with Crippen LogP contribution in [0.2, 0.25) is 5.02 Å². The molecule has 0 aliphatic heterocycles. The highest BCUT2D eigenvalue weighted by Gasteiger charge is 2.41. The Morgan fingerprint density at radius 3 is 2.54 bits per heavy atom. The standard InChI is InChI=1S/C23H23ClN2O2/c1-15-23(13-26(25-15)12-17-3-7-20(24)8-4-17)18-5-9-21(10-6-18)28-14-19-11-22(19)16(2)27/h3-10,13,19,22H,11-12,14H2,1-2H3. The Morgan fingerprint density at radius 2 is 1.89 bits per heavy atom. The molecule has 2 unspecified atom stereocenters. The molecule has 4 rings (SSSR count). The zero-order valence-corrected chi connectivity index (χ0v) is 16.8. The van der Waals surface area contributed by atoms with Gasteiger partial charge in [0.05, 0.1) is 18.8 Å². The molecule has 2 atom stereocenters. The minimum Gasteiger partial charge on any atom is -0.493 e. The summed E-state index contributed by atoms with van der Waals surface area (Å²) in [6.45, 7) is 5.00. The molecule has 1 aromatic heterocycles. The number of nitrogens with zero attached hydrogens (tertiary/aromatic N) is 2. The molecule has 3 aromatic rings. The van der Waals surface area contributed by atoms with Crippen molar-refractivity contribution in [1.82, 2.24) is 9.78 Å². The second kappa shape index (κ2) is 7.80. The number of rotatable bonds is 7. The van der Waals surface area contributed by atoms with E-state index in [0.717, 1.165) is 39.6 Å². The predicted molar refractivity (Wildman–Crippen MR) is 111 cm³/mol. The van der Waals surface area contributed by atoms with E-state index in [9.17, 15) is 4.79 Å². The molecule has 1 heterocycles. The smallest absolute Gasteiger partial charge is 0.133 e. The van der Waals surface area contributed by atoms with Crippen LogP contribution < -0.4 is 4.74 Å². The fourth-order valence-electron chi connectivity index (χ4n) is 3.52. The van der Waals surface area contributed by atoms with Gasteiger partial charge in [-0.2, -0.15) is 5.10 Å². The van der Waals surface area contributed by atoms with Crippen LogP contribution in [0.15, 0.2) is 54.7 Å². The van der Waals surface area contributed by atoms with Crippen LogP contribution in [0.1, 0.15) is 24.6 Å². The van der Waals surface area contributed by atoms with E-state index >= 15 is 0 Å². The minimum atomic E-state index is 0.202. The normalized spacial score (nSPS) is 18.1. The number of ketones is 1. The first-order valence-electron chi connectivity index (χ1n) is 9.52. The van der Waals surface area contributed by atoms with Crippen molar-refractivity contribution in [2.75, 3.05) is 6.61 Å². The maximum Gasteiger partial charge on any atom is 0.133 e. The second-order valence-corrected chi connectivity index (χ2v) is 7.94. The van der Waals surface area contributed by atoms with Crippen molar-refractivity contribution in [1.29, 1.82) is 0 Å². The van der Waals surface area contributed by atoms with Crippen LogP contribution in [0.5, 0.6) is 5.75 Å². The summed E-state index contributed by atoms with van der Waals surface area (Å²) in [5, 5.41) is 5.38. The van der Waals surface area contributed by atoms with Gasteiger partial charge in [-0.3, -0.25) is 9.48 Å². The Morgan fingerprint density at radius 1 is 1.18 bits per heavy atom. The molecule has 1 aliphatic rings. The van der Waals surface area contributed by atoms with Gasteiger partial charge in [-0.1, -0.05) is 35.9 Å². The van der Waals surface area contributed by atoms with Gasteiger partial charge >= 0.3 is 0 Å². The van der Waals surface area contributed by atoms with Crippen molar-refractivity contribution < 1.29 is 9.53 Å². The van der Waals surface area contributed by atoms with Gasteiger partial charge in [-0.15, -0.1) is 0 Å². The van der Waals surface area contributed by atoms with Gasteiger partial charge in [0, 0.05) is 28.6 Å². The lowest BCUT2D eigenvalue weighted by molar-refractivity contribution is -0.118. The summed E-state index contributed by atoms with van der Waals surface area (Å²) in [7, 11) is 0. The van der Waals surface area contributed by atoms with Crippen LogP contribution >= 0.6 is 11.6 Å². The summed E-state index contributed by atoms with van der Waals surface area (Å²) in [6, 6.07) is 15.9. The zero-order valence-electron chi connectivity index (χ0n) is 16.1. The van der Waals surface area contributed by atoms with Gasteiger partial charge < -0.3 is 4.74 Å². The number of carbonyl (C=O) groups excluding carboxylic acids is 1. The number of benzene rings is 2. The molecule has 28 heavy (non-hydrogen) atoms. The van der Waals surface area contributed by atoms with E-state index < -0.39 is 0 Å². The molecule has 0 saturated heterocycles. The number of aryl methyl sites for hydroxylation is 1. The number of Topliss-reactive ketones (excluding diaryl/α,β-unsaturated/α-hetero) is 1. The third-order valence-corrected chi connectivity index (χ3v) is 5.53. The maximum absolute atomic E-state index is 11.3. The first kappa shape index (κ1) is 18.8. The third kappa shape index (κ3) is 4.28. The van der Waals surface area contributed by atoms with E-state index in [2.05, 4.69) is 23.4 Å². The Bertz CT molecular complexity index is 977. The van der Waals surface area contributed by atoms with Crippen LogP contribution in [0.25, 0.3) is 11.1 Å². The fourth-order valence-corrected chi connectivity index (χ4v) is 3.65. The molecule has 5 heteroatoms. The van der Waals surface area contributed by atoms with Crippen LogP contribution in [0, 0.1) is 18.8 Å². The topological polar surface area (TPSA) is 44.1 Å². The van der Waals surface area contributed by atoms with Crippen molar-refractivity contribution in [3.05, 3.63) is 71.0 Å². The number of aromatic nitrogens is 2. The summed E-state index contributed by atoms with van der Waals surface area (Å²) in [6.07, 6.45) is 3.03. The molecule has 0 spiro atoms. The number of ether oxygens (including phenoxy) is 1. The molecule has 144 valence electrons. The maximum atomic E-state index is 11.3. The van der Waals surface area contributed by atoms with Crippen molar-refractivity contribution in [2.24, 2.45) is 11.8 Å². The first-order valence-corrected chi connectivity index (χ1v) is 9.89. The van der Waals surface area contributed by atoms with Crippen molar-refractivity contribution in [2.45, 2.75) is 26.8 Å². The molecule has 1 saturated carbocycles. The summed E-state index contributed by atoms with van der Waals surface area (Å²) >= 11 is 5.95. The molecular formula is C23H23ClN2O2. The first-order chi connectivity index (χ1) is 13.5. The number of halogens is 1. The van der Waals surface area contributed by atoms with Crippen LogP contribution in [-0.2, 0) is 11.3 Å². The Balaban J connectivity index is 1.40. The van der Waals surface area contributed by atoms with E-state index in [0.29, 0.717) is 19.1 Å². The largest absolute Gasteiger partial charge is 0.493 e. The minimum absolute atomic E-state index is 0.202. The van der Waals surface area contributed by atoms with E-state index in [1.165, 1.54) is 0 Å². The van der Waals surface area contributed by atoms with Gasteiger partial charge in [0.2, 0.25) is 0 Å². The van der Waals surface area contributed by atoms with E-state index in [1.54, 1.807) is 6.92 Å². The Labute approximate surface area is 170 Å². The van der Waals surface area contributed by atoms with Gasteiger partial charge in [-0.05, 0) is 55.7 Å². The average Bonchev–Trinajstić information content (AvgIpc) is 3.38. The lowest BCUT2D eigenvalue weighted by atomic mass is 10.1. The molecule has 0 radical (unpaired) electrons. The summed E-state index contributed by atoms with van der Waals surface area (Å²) in [4.78, 5) is 11.3.